The Kier molecular flexibility index (Phi) is 6.47. The number of pyridine rings is 1. The summed E-state index contributed by atoms with van der Waals surface area (Å²) in [5, 5.41) is 7.90. The van der Waals surface area contributed by atoms with E-state index in [4.69, 9.17) is 4.42 Å². The first kappa shape index (κ1) is 23.2. The molecule has 0 spiro atoms. The molecule has 0 atom stereocenters. The molecule has 2 N–H and O–H groups in total. The standard InChI is InChI=1S/C25H24N4O4S/c1-25(2,3)23(32)26-17-9-7-16(8-10-17)19-15-34-24(27-19)28-22(31)20-12-11-18(33-20)14-29-13-5-4-6-21(29)30/h4-13,15H,14H2,1-3H3,(H,26,32)(H,27,28,31). The van der Waals surface area contributed by atoms with Crippen LogP contribution in [0.3, 0.4) is 0 Å². The van der Waals surface area contributed by atoms with E-state index in [1.165, 1.54) is 22.0 Å². The molecule has 2 amide bonds. The lowest BCUT2D eigenvalue weighted by Crippen LogP contribution is -2.27. The lowest BCUT2D eigenvalue weighted by molar-refractivity contribution is -0.123. The largest absolute Gasteiger partial charge is 0.454 e. The molecule has 0 unspecified atom stereocenters. The van der Waals surface area contributed by atoms with Gasteiger partial charge in [0.25, 0.3) is 11.5 Å². The Balaban J connectivity index is 1.39. The molecule has 34 heavy (non-hydrogen) atoms. The molecule has 0 aliphatic rings. The molecule has 0 fully saturated rings. The van der Waals surface area contributed by atoms with Crippen LogP contribution in [0.4, 0.5) is 10.8 Å². The van der Waals surface area contributed by atoms with E-state index in [9.17, 15) is 14.4 Å². The lowest BCUT2D eigenvalue weighted by atomic mass is 9.95. The van der Waals surface area contributed by atoms with Gasteiger partial charge in [-0.1, -0.05) is 39.0 Å². The van der Waals surface area contributed by atoms with Crippen LogP contribution in [0.15, 0.2) is 75.4 Å². The number of nitrogens with zero attached hydrogens (tertiary/aromatic N) is 2. The molecule has 9 heteroatoms. The van der Waals surface area contributed by atoms with Crippen molar-refractivity contribution < 1.29 is 14.0 Å². The van der Waals surface area contributed by atoms with E-state index < -0.39 is 11.3 Å². The predicted molar refractivity (Wildman–Crippen MR) is 132 cm³/mol. The molecular formula is C25H24N4O4S. The summed E-state index contributed by atoms with van der Waals surface area (Å²) >= 11 is 1.30. The molecule has 3 aromatic heterocycles. The van der Waals surface area contributed by atoms with Crippen LogP contribution in [0.2, 0.25) is 0 Å². The van der Waals surface area contributed by atoms with E-state index in [2.05, 4.69) is 15.6 Å². The van der Waals surface area contributed by atoms with Crippen LogP contribution in [-0.4, -0.2) is 21.4 Å². The molecule has 8 nitrogen and oxygen atoms in total. The van der Waals surface area contributed by atoms with E-state index in [1.807, 2.05) is 50.4 Å². The molecule has 0 radical (unpaired) electrons. The van der Waals surface area contributed by atoms with Crippen LogP contribution in [0.5, 0.6) is 0 Å². The van der Waals surface area contributed by atoms with Crippen molar-refractivity contribution in [2.24, 2.45) is 5.41 Å². The number of aromatic nitrogens is 2. The second kappa shape index (κ2) is 9.48. The van der Waals surface area contributed by atoms with Crippen LogP contribution in [-0.2, 0) is 11.3 Å². The third kappa shape index (κ3) is 5.49. The van der Waals surface area contributed by atoms with Crippen molar-refractivity contribution in [3.05, 3.63) is 88.0 Å². The normalized spacial score (nSPS) is 11.3. The summed E-state index contributed by atoms with van der Waals surface area (Å²) < 4.78 is 7.10. The summed E-state index contributed by atoms with van der Waals surface area (Å²) in [6.45, 7) is 5.81. The third-order valence-corrected chi connectivity index (χ3v) is 5.71. The quantitative estimate of drug-likeness (QED) is 0.414. The number of nitrogens with one attached hydrogen (secondary N) is 2. The molecule has 174 valence electrons. The monoisotopic (exact) mass is 476 g/mol. The van der Waals surface area contributed by atoms with Crippen LogP contribution < -0.4 is 16.2 Å². The SMILES string of the molecule is CC(C)(C)C(=O)Nc1ccc(-c2csc(NC(=O)c3ccc(Cn4ccccc4=O)o3)n2)cc1. The maximum Gasteiger partial charge on any atom is 0.293 e. The summed E-state index contributed by atoms with van der Waals surface area (Å²) in [5.41, 5.74) is 1.65. The number of hydrogen-bond donors (Lipinski definition) is 2. The fraction of sp³-hybridized carbons (Fsp3) is 0.200. The zero-order chi connectivity index (χ0) is 24.3. The summed E-state index contributed by atoms with van der Waals surface area (Å²) in [4.78, 5) is 41.0. The average molecular weight is 477 g/mol. The van der Waals surface area contributed by atoms with Crippen molar-refractivity contribution in [2.75, 3.05) is 10.6 Å². The zero-order valence-electron chi connectivity index (χ0n) is 19.0. The van der Waals surface area contributed by atoms with Gasteiger partial charge in [0.1, 0.15) is 5.76 Å². The minimum Gasteiger partial charge on any atom is -0.454 e. The van der Waals surface area contributed by atoms with E-state index in [-0.39, 0.29) is 23.8 Å². The number of furan rings is 1. The number of amides is 2. The van der Waals surface area contributed by atoms with Crippen molar-refractivity contribution in [1.82, 2.24) is 9.55 Å². The molecule has 0 bridgehead atoms. The Labute approximate surface area is 200 Å². The fourth-order valence-electron chi connectivity index (χ4n) is 3.01. The smallest absolute Gasteiger partial charge is 0.293 e. The number of hydrogen-bond acceptors (Lipinski definition) is 6. The summed E-state index contributed by atoms with van der Waals surface area (Å²) in [6, 6.07) is 15.5. The first-order valence-electron chi connectivity index (χ1n) is 10.6. The average Bonchev–Trinajstić information content (AvgIpc) is 3.45. The maximum atomic E-state index is 12.6. The highest BCUT2D eigenvalue weighted by molar-refractivity contribution is 7.14. The van der Waals surface area contributed by atoms with Crippen LogP contribution in [0, 0.1) is 5.41 Å². The predicted octanol–water partition coefficient (Wildman–Crippen LogP) is 4.85. The van der Waals surface area contributed by atoms with Gasteiger partial charge in [0, 0.05) is 34.3 Å². The molecule has 3 heterocycles. The maximum absolute atomic E-state index is 12.6. The van der Waals surface area contributed by atoms with Gasteiger partial charge in [0.15, 0.2) is 10.9 Å². The Morgan fingerprint density at radius 1 is 1.03 bits per heavy atom. The minimum atomic E-state index is -0.477. The molecule has 4 aromatic rings. The Hall–Kier alpha value is -3.98. The molecule has 4 rings (SSSR count). The summed E-state index contributed by atoms with van der Waals surface area (Å²) in [6.07, 6.45) is 1.66. The number of carbonyl (C=O) groups is 2. The van der Waals surface area contributed by atoms with Crippen molar-refractivity contribution >= 4 is 34.0 Å². The Morgan fingerprint density at radius 3 is 2.50 bits per heavy atom. The van der Waals surface area contributed by atoms with Gasteiger partial charge >= 0.3 is 0 Å². The Morgan fingerprint density at radius 2 is 1.79 bits per heavy atom. The molecule has 0 aliphatic carbocycles. The van der Waals surface area contributed by atoms with E-state index in [1.54, 1.807) is 30.5 Å². The molecular weight excluding hydrogens is 452 g/mol. The zero-order valence-corrected chi connectivity index (χ0v) is 19.8. The van der Waals surface area contributed by atoms with Gasteiger partial charge in [-0.2, -0.15) is 0 Å². The second-order valence-electron chi connectivity index (χ2n) is 8.71. The fourth-order valence-corrected chi connectivity index (χ4v) is 3.72. The van der Waals surface area contributed by atoms with Gasteiger partial charge in [-0.15, -0.1) is 11.3 Å². The van der Waals surface area contributed by atoms with Gasteiger partial charge < -0.3 is 14.3 Å². The van der Waals surface area contributed by atoms with Crippen molar-refractivity contribution in [3.63, 3.8) is 0 Å². The topological polar surface area (TPSA) is 106 Å². The van der Waals surface area contributed by atoms with Crippen molar-refractivity contribution in [1.29, 1.82) is 0 Å². The van der Waals surface area contributed by atoms with Gasteiger partial charge in [-0.25, -0.2) is 4.98 Å². The van der Waals surface area contributed by atoms with E-state index in [0.29, 0.717) is 22.3 Å². The van der Waals surface area contributed by atoms with Gasteiger partial charge in [-0.3, -0.25) is 19.7 Å². The van der Waals surface area contributed by atoms with Gasteiger partial charge in [-0.05, 0) is 30.3 Å². The van der Waals surface area contributed by atoms with E-state index in [0.717, 1.165) is 5.56 Å². The van der Waals surface area contributed by atoms with E-state index >= 15 is 0 Å². The number of benzene rings is 1. The van der Waals surface area contributed by atoms with Gasteiger partial charge in [0.2, 0.25) is 5.91 Å². The number of thiazole rings is 1. The van der Waals surface area contributed by atoms with Crippen molar-refractivity contribution in [3.8, 4) is 11.3 Å². The van der Waals surface area contributed by atoms with Crippen molar-refractivity contribution in [2.45, 2.75) is 27.3 Å². The first-order valence-corrected chi connectivity index (χ1v) is 11.5. The molecule has 0 saturated heterocycles. The summed E-state index contributed by atoms with van der Waals surface area (Å²) in [7, 11) is 0. The molecule has 0 aliphatic heterocycles. The number of rotatable bonds is 6. The second-order valence-corrected chi connectivity index (χ2v) is 9.56. The highest BCUT2D eigenvalue weighted by atomic mass is 32.1. The lowest BCUT2D eigenvalue weighted by Gasteiger charge is -2.17. The summed E-state index contributed by atoms with van der Waals surface area (Å²) in [5.74, 6) is 0.148. The minimum absolute atomic E-state index is 0.0594. The molecule has 0 saturated carbocycles. The highest BCUT2D eigenvalue weighted by Gasteiger charge is 2.21. The highest BCUT2D eigenvalue weighted by Crippen LogP contribution is 2.27. The number of anilines is 2. The van der Waals surface area contributed by atoms with Crippen LogP contribution in [0.25, 0.3) is 11.3 Å². The molecule has 1 aromatic carbocycles. The number of carbonyl (C=O) groups excluding carboxylic acids is 2. The van der Waals surface area contributed by atoms with Gasteiger partial charge in [0.05, 0.1) is 12.2 Å². The van der Waals surface area contributed by atoms with Crippen LogP contribution in [0.1, 0.15) is 37.1 Å². The Bertz CT molecular complexity index is 1380. The first-order chi connectivity index (χ1) is 16.2. The van der Waals surface area contributed by atoms with Crippen LogP contribution >= 0.6 is 11.3 Å². The third-order valence-electron chi connectivity index (χ3n) is 4.95.